The lowest BCUT2D eigenvalue weighted by Gasteiger charge is -2.18. The van der Waals surface area contributed by atoms with Gasteiger partial charge in [0, 0.05) is 23.8 Å². The summed E-state index contributed by atoms with van der Waals surface area (Å²) in [5.41, 5.74) is 1.36. The van der Waals surface area contributed by atoms with Crippen LogP contribution < -0.4 is 5.32 Å². The number of thiazole rings is 1. The van der Waals surface area contributed by atoms with Gasteiger partial charge in [-0.1, -0.05) is 37.2 Å². The van der Waals surface area contributed by atoms with Crippen molar-refractivity contribution >= 4 is 66.5 Å². The van der Waals surface area contributed by atoms with Gasteiger partial charge in [-0.3, -0.25) is 4.79 Å². The van der Waals surface area contributed by atoms with Crippen LogP contribution in [-0.4, -0.2) is 42.5 Å². The number of halogens is 1. The molecular formula is C19H20ClN3O3S3. The van der Waals surface area contributed by atoms with Gasteiger partial charge in [0.2, 0.25) is 15.9 Å². The van der Waals surface area contributed by atoms with Gasteiger partial charge >= 0.3 is 0 Å². The third kappa shape index (κ3) is 5.29. The molecule has 2 aromatic carbocycles. The lowest BCUT2D eigenvalue weighted by atomic mass is 10.3. The molecule has 1 amide bonds. The molecule has 0 spiro atoms. The minimum absolute atomic E-state index is 0.188. The van der Waals surface area contributed by atoms with Crippen LogP contribution in [0.2, 0.25) is 5.02 Å². The molecule has 0 fully saturated rings. The van der Waals surface area contributed by atoms with Crippen LogP contribution in [0.3, 0.4) is 0 Å². The van der Waals surface area contributed by atoms with E-state index in [2.05, 4.69) is 10.3 Å². The largest absolute Gasteiger partial charge is 0.325 e. The highest BCUT2D eigenvalue weighted by Crippen LogP contribution is 2.31. The first-order valence-electron chi connectivity index (χ1n) is 8.92. The van der Waals surface area contributed by atoms with E-state index in [1.165, 1.54) is 39.5 Å². The molecule has 10 heteroatoms. The Balaban J connectivity index is 1.60. The maximum atomic E-state index is 12.5. The number of anilines is 1. The van der Waals surface area contributed by atoms with E-state index in [4.69, 9.17) is 11.6 Å². The highest BCUT2D eigenvalue weighted by molar-refractivity contribution is 8.01. The molecule has 0 aliphatic heterocycles. The van der Waals surface area contributed by atoms with Crippen LogP contribution in [0.15, 0.2) is 51.7 Å². The molecule has 0 bridgehead atoms. The predicted octanol–water partition coefficient (Wildman–Crippen LogP) is 4.71. The van der Waals surface area contributed by atoms with E-state index in [0.29, 0.717) is 23.8 Å². The minimum atomic E-state index is -3.51. The summed E-state index contributed by atoms with van der Waals surface area (Å²) in [6.45, 7) is 4.42. The molecule has 0 radical (unpaired) electrons. The molecule has 1 N–H and O–H groups in total. The number of nitrogens with one attached hydrogen (secondary N) is 1. The second-order valence-electron chi connectivity index (χ2n) is 6.04. The van der Waals surface area contributed by atoms with Gasteiger partial charge in [-0.2, -0.15) is 4.31 Å². The Kier molecular flexibility index (Phi) is 7.18. The Morgan fingerprint density at radius 3 is 2.52 bits per heavy atom. The third-order valence-corrected chi connectivity index (χ3v) is 8.62. The van der Waals surface area contributed by atoms with Crippen LogP contribution in [-0.2, 0) is 14.8 Å². The van der Waals surface area contributed by atoms with Crippen LogP contribution in [0.25, 0.3) is 10.2 Å². The Bertz CT molecular complexity index is 1110. The summed E-state index contributed by atoms with van der Waals surface area (Å²) in [5.74, 6) is 0.0131. The molecule has 0 aliphatic rings. The van der Waals surface area contributed by atoms with Crippen LogP contribution in [0.1, 0.15) is 13.8 Å². The van der Waals surface area contributed by atoms with Gasteiger partial charge < -0.3 is 5.32 Å². The number of nitrogens with zero attached hydrogens (tertiary/aromatic N) is 2. The van der Waals surface area contributed by atoms with Gasteiger partial charge in [-0.05, 0) is 42.5 Å². The van der Waals surface area contributed by atoms with E-state index in [1.807, 2.05) is 12.1 Å². The summed E-state index contributed by atoms with van der Waals surface area (Å²) in [5, 5.41) is 3.41. The summed E-state index contributed by atoms with van der Waals surface area (Å²) < 4.78 is 28.2. The molecule has 0 unspecified atom stereocenters. The summed E-state index contributed by atoms with van der Waals surface area (Å²) in [7, 11) is -3.51. The Morgan fingerprint density at radius 2 is 1.86 bits per heavy atom. The Labute approximate surface area is 183 Å². The quantitative estimate of drug-likeness (QED) is 0.483. The second-order valence-corrected chi connectivity index (χ2v) is 10.7. The standard InChI is InChI=1S/C19H20ClN3O3S3/c1-3-23(4-2)29(25,26)15-8-6-14(7-9-15)21-18(24)12-27-19-22-16-11-13(20)5-10-17(16)28-19/h5-11H,3-4,12H2,1-2H3,(H,21,24). The lowest BCUT2D eigenvalue weighted by molar-refractivity contribution is -0.113. The van der Waals surface area contributed by atoms with E-state index < -0.39 is 10.0 Å². The fraction of sp³-hybridized carbons (Fsp3) is 0.263. The number of aromatic nitrogens is 1. The molecule has 1 aromatic heterocycles. The third-order valence-electron chi connectivity index (χ3n) is 4.14. The van der Waals surface area contributed by atoms with E-state index in [1.54, 1.807) is 32.0 Å². The number of sulfonamides is 1. The first-order chi connectivity index (χ1) is 13.8. The number of carbonyl (C=O) groups excluding carboxylic acids is 1. The molecule has 0 aliphatic carbocycles. The maximum Gasteiger partial charge on any atom is 0.243 e. The highest BCUT2D eigenvalue weighted by atomic mass is 35.5. The van der Waals surface area contributed by atoms with Crippen molar-refractivity contribution in [1.82, 2.24) is 9.29 Å². The van der Waals surface area contributed by atoms with Gasteiger partial charge in [-0.25, -0.2) is 13.4 Å². The average Bonchev–Trinajstić information content (AvgIpc) is 3.09. The van der Waals surface area contributed by atoms with Crippen LogP contribution in [0.4, 0.5) is 5.69 Å². The number of rotatable bonds is 8. The molecule has 154 valence electrons. The summed E-state index contributed by atoms with van der Waals surface area (Å²) in [6, 6.07) is 11.7. The van der Waals surface area contributed by atoms with E-state index in [0.717, 1.165) is 14.6 Å². The maximum absolute atomic E-state index is 12.5. The zero-order valence-electron chi connectivity index (χ0n) is 15.9. The van der Waals surface area contributed by atoms with Crippen molar-refractivity contribution in [1.29, 1.82) is 0 Å². The molecule has 3 aromatic rings. The van der Waals surface area contributed by atoms with E-state index in [9.17, 15) is 13.2 Å². The number of hydrogen-bond acceptors (Lipinski definition) is 6. The second kappa shape index (κ2) is 9.44. The number of carbonyl (C=O) groups is 1. The fourth-order valence-corrected chi connectivity index (χ4v) is 6.16. The Hall–Kier alpha value is -1.65. The van der Waals surface area contributed by atoms with Crippen molar-refractivity contribution in [3.05, 3.63) is 47.5 Å². The van der Waals surface area contributed by atoms with Crippen molar-refractivity contribution in [2.75, 3.05) is 24.2 Å². The SMILES string of the molecule is CCN(CC)S(=O)(=O)c1ccc(NC(=O)CSc2nc3cc(Cl)ccc3s2)cc1. The van der Waals surface area contributed by atoms with E-state index in [-0.39, 0.29) is 16.6 Å². The molecule has 0 saturated heterocycles. The monoisotopic (exact) mass is 469 g/mol. The molecular weight excluding hydrogens is 450 g/mol. The smallest absolute Gasteiger partial charge is 0.243 e. The number of fused-ring (bicyclic) bond motifs is 1. The molecule has 0 atom stereocenters. The van der Waals surface area contributed by atoms with Crippen molar-refractivity contribution in [2.45, 2.75) is 23.1 Å². The molecule has 0 saturated carbocycles. The van der Waals surface area contributed by atoms with Crippen LogP contribution in [0, 0.1) is 0 Å². The van der Waals surface area contributed by atoms with Crippen molar-refractivity contribution in [2.24, 2.45) is 0 Å². The minimum Gasteiger partial charge on any atom is -0.325 e. The number of thioether (sulfide) groups is 1. The first kappa shape index (κ1) is 22.0. The van der Waals surface area contributed by atoms with Gasteiger partial charge in [0.05, 0.1) is 20.9 Å². The van der Waals surface area contributed by atoms with Crippen LogP contribution in [0.5, 0.6) is 0 Å². The number of hydrogen-bond donors (Lipinski definition) is 1. The normalized spacial score (nSPS) is 11.9. The van der Waals surface area contributed by atoms with E-state index >= 15 is 0 Å². The molecule has 1 heterocycles. The fourth-order valence-electron chi connectivity index (χ4n) is 2.69. The highest BCUT2D eigenvalue weighted by Gasteiger charge is 2.21. The van der Waals surface area contributed by atoms with Gasteiger partial charge in [0.15, 0.2) is 4.34 Å². The number of benzene rings is 2. The van der Waals surface area contributed by atoms with Crippen molar-refractivity contribution < 1.29 is 13.2 Å². The Morgan fingerprint density at radius 1 is 1.17 bits per heavy atom. The van der Waals surface area contributed by atoms with Crippen molar-refractivity contribution in [3.8, 4) is 0 Å². The average molecular weight is 470 g/mol. The topological polar surface area (TPSA) is 79.4 Å². The molecule has 6 nitrogen and oxygen atoms in total. The summed E-state index contributed by atoms with van der Waals surface area (Å²) in [6.07, 6.45) is 0. The van der Waals surface area contributed by atoms with Gasteiger partial charge in [0.25, 0.3) is 0 Å². The number of amides is 1. The zero-order valence-corrected chi connectivity index (χ0v) is 19.1. The molecule has 29 heavy (non-hydrogen) atoms. The van der Waals surface area contributed by atoms with Gasteiger partial charge in [0.1, 0.15) is 0 Å². The molecule has 3 rings (SSSR count). The zero-order chi connectivity index (χ0) is 21.0. The first-order valence-corrected chi connectivity index (χ1v) is 12.5. The lowest BCUT2D eigenvalue weighted by Crippen LogP contribution is -2.30. The van der Waals surface area contributed by atoms with Crippen molar-refractivity contribution in [3.63, 3.8) is 0 Å². The summed E-state index contributed by atoms with van der Waals surface area (Å²) >= 11 is 8.83. The predicted molar refractivity (Wildman–Crippen MR) is 121 cm³/mol. The van der Waals surface area contributed by atoms with Crippen LogP contribution >= 0.6 is 34.7 Å². The summed E-state index contributed by atoms with van der Waals surface area (Å²) in [4.78, 5) is 16.9. The van der Waals surface area contributed by atoms with Gasteiger partial charge in [-0.15, -0.1) is 11.3 Å².